The van der Waals surface area contributed by atoms with Gasteiger partial charge in [0.1, 0.15) is 19.0 Å². The first kappa shape index (κ1) is 16.5. The zero-order chi connectivity index (χ0) is 15.2. The van der Waals surface area contributed by atoms with E-state index in [-0.39, 0.29) is 25.8 Å². The molecule has 1 aromatic carbocycles. The monoisotopic (exact) mass is 280 g/mol. The molecule has 0 aromatic heterocycles. The van der Waals surface area contributed by atoms with Gasteiger partial charge >= 0.3 is 5.97 Å². The maximum atomic E-state index is 12.0. The van der Waals surface area contributed by atoms with E-state index in [1.807, 2.05) is 45.9 Å². The maximum Gasteiger partial charge on any atom is 0.311 e. The van der Waals surface area contributed by atoms with Gasteiger partial charge in [0.15, 0.2) is 0 Å². The largest absolute Gasteiger partial charge is 0.491 e. The Labute approximate surface area is 120 Å². The van der Waals surface area contributed by atoms with Gasteiger partial charge in [0, 0.05) is 5.56 Å². The number of hydrogen-bond acceptors (Lipinski definition) is 4. The zero-order valence-electron chi connectivity index (χ0n) is 12.7. The molecule has 0 saturated heterocycles. The van der Waals surface area contributed by atoms with Crippen LogP contribution in [0.5, 0.6) is 5.75 Å². The van der Waals surface area contributed by atoms with E-state index >= 15 is 0 Å². The van der Waals surface area contributed by atoms with Crippen molar-refractivity contribution in [3.63, 3.8) is 0 Å². The smallest absolute Gasteiger partial charge is 0.311 e. The highest BCUT2D eigenvalue weighted by Crippen LogP contribution is 2.26. The van der Waals surface area contributed by atoms with Gasteiger partial charge in [-0.3, -0.25) is 4.79 Å². The fourth-order valence-electron chi connectivity index (χ4n) is 1.66. The lowest BCUT2D eigenvalue weighted by atomic mass is 9.91. The molecular weight excluding hydrogens is 256 g/mol. The fourth-order valence-corrected chi connectivity index (χ4v) is 1.66. The molecule has 20 heavy (non-hydrogen) atoms. The predicted octanol–water partition coefficient (Wildman–Crippen LogP) is 2.85. The lowest BCUT2D eigenvalue weighted by molar-refractivity contribution is -0.155. The Hall–Kier alpha value is -1.55. The van der Waals surface area contributed by atoms with Crippen LogP contribution in [0.3, 0.4) is 0 Å². The van der Waals surface area contributed by atoms with Gasteiger partial charge in [-0.2, -0.15) is 0 Å². The zero-order valence-corrected chi connectivity index (χ0v) is 12.7. The Morgan fingerprint density at radius 1 is 1.35 bits per heavy atom. The van der Waals surface area contributed by atoms with E-state index in [4.69, 9.17) is 14.6 Å². The molecule has 1 aromatic rings. The van der Waals surface area contributed by atoms with Crippen molar-refractivity contribution in [3.05, 3.63) is 29.3 Å². The summed E-state index contributed by atoms with van der Waals surface area (Å²) in [5.74, 6) is 0.471. The lowest BCUT2D eigenvalue weighted by Gasteiger charge is -2.21. The molecule has 0 aliphatic rings. The van der Waals surface area contributed by atoms with Crippen LogP contribution in [-0.4, -0.2) is 24.3 Å². The number of carbonyl (C=O) groups is 1. The van der Waals surface area contributed by atoms with Gasteiger partial charge in [-0.05, 0) is 32.8 Å². The summed E-state index contributed by atoms with van der Waals surface area (Å²) in [5.41, 5.74) is 1.30. The highest BCUT2D eigenvalue weighted by Gasteiger charge is 2.27. The number of ether oxygens (including phenoxy) is 2. The quantitative estimate of drug-likeness (QED) is 0.780. The summed E-state index contributed by atoms with van der Waals surface area (Å²) in [7, 11) is 0. The first-order valence-electron chi connectivity index (χ1n) is 6.91. The minimum atomic E-state index is -0.476. The molecule has 0 amide bonds. The molecule has 0 spiro atoms. The van der Waals surface area contributed by atoms with Gasteiger partial charge in [-0.15, -0.1) is 0 Å². The number of aryl methyl sites for hydroxylation is 1. The number of aliphatic hydroxyl groups excluding tert-OH is 1. The summed E-state index contributed by atoms with van der Waals surface area (Å²) >= 11 is 0. The normalized spacial score (nSPS) is 11.2. The van der Waals surface area contributed by atoms with Gasteiger partial charge < -0.3 is 14.6 Å². The van der Waals surface area contributed by atoms with Gasteiger partial charge in [0.2, 0.25) is 0 Å². The molecule has 1 rings (SSSR count). The Morgan fingerprint density at radius 2 is 2.05 bits per heavy atom. The minimum absolute atomic E-state index is 0.0452. The van der Waals surface area contributed by atoms with E-state index in [2.05, 4.69) is 0 Å². The summed E-state index contributed by atoms with van der Waals surface area (Å²) in [5, 5.41) is 8.86. The van der Waals surface area contributed by atoms with Crippen molar-refractivity contribution in [2.45, 2.75) is 40.7 Å². The Morgan fingerprint density at radius 3 is 2.65 bits per heavy atom. The predicted molar refractivity (Wildman–Crippen MR) is 77.6 cm³/mol. The maximum absolute atomic E-state index is 12.0. The van der Waals surface area contributed by atoms with Crippen LogP contribution in [0.1, 0.15) is 38.3 Å². The summed E-state index contributed by atoms with van der Waals surface area (Å²) in [6.07, 6.45) is 0.730. The molecule has 4 nitrogen and oxygen atoms in total. The summed E-state index contributed by atoms with van der Waals surface area (Å²) in [6.45, 7) is 7.99. The number of esters is 1. The molecule has 0 heterocycles. The average molecular weight is 280 g/mol. The van der Waals surface area contributed by atoms with Crippen LogP contribution in [-0.2, 0) is 16.1 Å². The molecular formula is C16H24O4. The van der Waals surface area contributed by atoms with Crippen LogP contribution >= 0.6 is 0 Å². The molecule has 0 aliphatic heterocycles. The number of benzene rings is 1. The van der Waals surface area contributed by atoms with E-state index in [9.17, 15) is 4.79 Å². The van der Waals surface area contributed by atoms with E-state index in [0.29, 0.717) is 5.75 Å². The minimum Gasteiger partial charge on any atom is -0.491 e. The van der Waals surface area contributed by atoms with Crippen LogP contribution in [0.4, 0.5) is 0 Å². The second-order valence-electron chi connectivity index (χ2n) is 5.45. The topological polar surface area (TPSA) is 55.8 Å². The van der Waals surface area contributed by atoms with Crippen molar-refractivity contribution in [1.29, 1.82) is 0 Å². The van der Waals surface area contributed by atoms with E-state index in [1.54, 1.807) is 0 Å². The number of carbonyl (C=O) groups excluding carboxylic acids is 1. The number of hydrogen-bond donors (Lipinski definition) is 1. The Balaban J connectivity index is 2.77. The van der Waals surface area contributed by atoms with Crippen molar-refractivity contribution in [2.75, 3.05) is 13.2 Å². The van der Waals surface area contributed by atoms with Crippen LogP contribution in [0.25, 0.3) is 0 Å². The second kappa shape index (κ2) is 7.29. The van der Waals surface area contributed by atoms with Gasteiger partial charge in [-0.1, -0.05) is 25.1 Å². The standard InChI is InChI=1S/C16H24O4/c1-5-16(3,4)15(18)20-11-13-8-6-7-12(2)14(13)19-10-9-17/h6-8,17H,5,9-11H2,1-4H3. The third-order valence-electron chi connectivity index (χ3n) is 3.43. The third kappa shape index (κ3) is 4.23. The fraction of sp³-hybridized carbons (Fsp3) is 0.562. The second-order valence-corrected chi connectivity index (χ2v) is 5.45. The summed E-state index contributed by atoms with van der Waals surface area (Å²) in [4.78, 5) is 12.0. The van der Waals surface area contributed by atoms with Gasteiger partial charge in [0.05, 0.1) is 12.0 Å². The third-order valence-corrected chi connectivity index (χ3v) is 3.43. The summed E-state index contributed by atoms with van der Waals surface area (Å²) in [6, 6.07) is 5.69. The SMILES string of the molecule is CCC(C)(C)C(=O)OCc1cccc(C)c1OCCO. The molecule has 0 unspecified atom stereocenters. The Kier molecular flexibility index (Phi) is 6.02. The molecule has 0 saturated carbocycles. The number of aliphatic hydroxyl groups is 1. The summed E-state index contributed by atoms with van der Waals surface area (Å²) < 4.78 is 10.9. The van der Waals surface area contributed by atoms with Crippen molar-refractivity contribution in [3.8, 4) is 5.75 Å². The van der Waals surface area contributed by atoms with Crippen molar-refractivity contribution in [1.82, 2.24) is 0 Å². The molecule has 112 valence electrons. The Bertz CT molecular complexity index is 452. The highest BCUT2D eigenvalue weighted by molar-refractivity contribution is 5.75. The molecule has 0 atom stereocenters. The van der Waals surface area contributed by atoms with Crippen molar-refractivity contribution in [2.24, 2.45) is 5.41 Å². The number of para-hydroxylation sites is 1. The van der Waals surface area contributed by atoms with E-state index < -0.39 is 5.41 Å². The van der Waals surface area contributed by atoms with Gasteiger partial charge in [-0.25, -0.2) is 0 Å². The molecule has 0 bridgehead atoms. The van der Waals surface area contributed by atoms with Crippen LogP contribution in [0, 0.1) is 12.3 Å². The molecule has 0 fully saturated rings. The van der Waals surface area contributed by atoms with Crippen molar-refractivity contribution >= 4 is 5.97 Å². The van der Waals surface area contributed by atoms with E-state index in [1.165, 1.54) is 0 Å². The first-order valence-corrected chi connectivity index (χ1v) is 6.91. The van der Waals surface area contributed by atoms with Crippen LogP contribution in [0.2, 0.25) is 0 Å². The van der Waals surface area contributed by atoms with Gasteiger partial charge in [0.25, 0.3) is 0 Å². The van der Waals surface area contributed by atoms with Crippen molar-refractivity contribution < 1.29 is 19.4 Å². The average Bonchev–Trinajstić information content (AvgIpc) is 2.43. The highest BCUT2D eigenvalue weighted by atomic mass is 16.5. The lowest BCUT2D eigenvalue weighted by Crippen LogP contribution is -2.25. The van der Waals surface area contributed by atoms with Crippen LogP contribution < -0.4 is 4.74 Å². The molecule has 0 radical (unpaired) electrons. The molecule has 0 aliphatic carbocycles. The molecule has 1 N–H and O–H groups in total. The first-order chi connectivity index (χ1) is 9.42. The molecule has 4 heteroatoms. The number of rotatable bonds is 7. The van der Waals surface area contributed by atoms with Crippen LogP contribution in [0.15, 0.2) is 18.2 Å². The van der Waals surface area contributed by atoms with E-state index in [0.717, 1.165) is 17.5 Å².